The fourth-order valence-electron chi connectivity index (χ4n) is 2.03. The van der Waals surface area contributed by atoms with Crippen LogP contribution in [0.4, 0.5) is 0 Å². The lowest BCUT2D eigenvalue weighted by atomic mass is 9.82. The van der Waals surface area contributed by atoms with Gasteiger partial charge in [0.2, 0.25) is 0 Å². The topological polar surface area (TPSA) is 49.3 Å². The zero-order valence-corrected chi connectivity index (χ0v) is 9.46. The standard InChI is InChI=1S/C12H21NO2/c1-3-9(2)13-8-10-4-6-11(7-5-10)12(14)15/h10-11,13H,2-8H2,1H3,(H,14,15). The largest absolute Gasteiger partial charge is 0.481 e. The van der Waals surface area contributed by atoms with Crippen LogP contribution in [0.1, 0.15) is 39.0 Å². The Morgan fingerprint density at radius 1 is 1.40 bits per heavy atom. The minimum absolute atomic E-state index is 0.101. The third-order valence-electron chi connectivity index (χ3n) is 3.26. The first-order valence-electron chi connectivity index (χ1n) is 5.78. The van der Waals surface area contributed by atoms with Crippen LogP contribution in [0.25, 0.3) is 0 Å². The van der Waals surface area contributed by atoms with E-state index in [4.69, 9.17) is 5.11 Å². The van der Waals surface area contributed by atoms with E-state index in [2.05, 4.69) is 18.8 Å². The molecule has 3 nitrogen and oxygen atoms in total. The van der Waals surface area contributed by atoms with E-state index in [0.29, 0.717) is 5.92 Å². The highest BCUT2D eigenvalue weighted by molar-refractivity contribution is 5.69. The van der Waals surface area contributed by atoms with E-state index >= 15 is 0 Å². The van der Waals surface area contributed by atoms with E-state index < -0.39 is 5.97 Å². The summed E-state index contributed by atoms with van der Waals surface area (Å²) in [6, 6.07) is 0. The Kier molecular flexibility index (Phi) is 4.66. The van der Waals surface area contributed by atoms with Gasteiger partial charge in [0.15, 0.2) is 0 Å². The Balaban J connectivity index is 2.20. The zero-order chi connectivity index (χ0) is 11.3. The van der Waals surface area contributed by atoms with Crippen molar-refractivity contribution in [3.05, 3.63) is 12.3 Å². The van der Waals surface area contributed by atoms with Crippen molar-refractivity contribution in [3.8, 4) is 0 Å². The number of allylic oxidation sites excluding steroid dienone is 1. The molecule has 0 bridgehead atoms. The molecule has 0 saturated heterocycles. The van der Waals surface area contributed by atoms with Crippen LogP contribution in [-0.4, -0.2) is 17.6 Å². The summed E-state index contributed by atoms with van der Waals surface area (Å²) in [5.74, 6) is -0.0982. The van der Waals surface area contributed by atoms with Gasteiger partial charge in [0.1, 0.15) is 0 Å². The summed E-state index contributed by atoms with van der Waals surface area (Å²) in [4.78, 5) is 10.7. The van der Waals surface area contributed by atoms with Crippen molar-refractivity contribution in [1.29, 1.82) is 0 Å². The molecule has 0 aromatic heterocycles. The molecule has 0 atom stereocenters. The molecule has 0 aromatic carbocycles. The highest BCUT2D eigenvalue weighted by Gasteiger charge is 2.25. The average Bonchev–Trinajstić information content (AvgIpc) is 2.26. The van der Waals surface area contributed by atoms with E-state index in [1.165, 1.54) is 0 Å². The van der Waals surface area contributed by atoms with Crippen LogP contribution in [0.3, 0.4) is 0 Å². The lowest BCUT2D eigenvalue weighted by molar-refractivity contribution is -0.143. The number of hydrogen-bond donors (Lipinski definition) is 2. The van der Waals surface area contributed by atoms with Gasteiger partial charge in [0.05, 0.1) is 5.92 Å². The fraction of sp³-hybridized carbons (Fsp3) is 0.750. The maximum absolute atomic E-state index is 10.7. The lowest BCUT2D eigenvalue weighted by Gasteiger charge is -2.26. The van der Waals surface area contributed by atoms with Crippen molar-refractivity contribution in [2.45, 2.75) is 39.0 Å². The predicted molar refractivity (Wildman–Crippen MR) is 60.5 cm³/mol. The van der Waals surface area contributed by atoms with Crippen molar-refractivity contribution >= 4 is 5.97 Å². The SMILES string of the molecule is C=C(CC)NCC1CCC(C(=O)O)CC1. The summed E-state index contributed by atoms with van der Waals surface area (Å²) >= 11 is 0. The number of nitrogens with one attached hydrogen (secondary N) is 1. The van der Waals surface area contributed by atoms with Gasteiger partial charge in [-0.3, -0.25) is 4.79 Å². The van der Waals surface area contributed by atoms with Gasteiger partial charge < -0.3 is 10.4 Å². The highest BCUT2D eigenvalue weighted by Crippen LogP contribution is 2.28. The van der Waals surface area contributed by atoms with Crippen molar-refractivity contribution < 1.29 is 9.90 Å². The van der Waals surface area contributed by atoms with Gasteiger partial charge in [-0.2, -0.15) is 0 Å². The van der Waals surface area contributed by atoms with Crippen molar-refractivity contribution in [2.75, 3.05) is 6.54 Å². The van der Waals surface area contributed by atoms with Crippen LogP contribution in [0.5, 0.6) is 0 Å². The number of carboxylic acid groups (broad SMARTS) is 1. The molecular formula is C12H21NO2. The second kappa shape index (κ2) is 5.79. The van der Waals surface area contributed by atoms with E-state index in [1.54, 1.807) is 0 Å². The molecule has 1 rings (SSSR count). The summed E-state index contributed by atoms with van der Waals surface area (Å²) in [6.45, 7) is 6.93. The van der Waals surface area contributed by atoms with Gasteiger partial charge in [-0.05, 0) is 38.0 Å². The maximum atomic E-state index is 10.7. The molecule has 0 heterocycles. The molecule has 0 spiro atoms. The summed E-state index contributed by atoms with van der Waals surface area (Å²) in [5.41, 5.74) is 1.08. The molecule has 0 aliphatic heterocycles. The molecule has 1 fully saturated rings. The number of hydrogen-bond acceptors (Lipinski definition) is 2. The van der Waals surface area contributed by atoms with Gasteiger partial charge in [-0.25, -0.2) is 0 Å². The normalized spacial score (nSPS) is 25.9. The van der Waals surface area contributed by atoms with Crippen LogP contribution < -0.4 is 5.32 Å². The molecule has 1 aliphatic rings. The molecule has 86 valence electrons. The Morgan fingerprint density at radius 2 is 2.00 bits per heavy atom. The second-order valence-corrected chi connectivity index (χ2v) is 4.39. The van der Waals surface area contributed by atoms with Gasteiger partial charge >= 0.3 is 5.97 Å². The van der Waals surface area contributed by atoms with Crippen LogP contribution in [0.15, 0.2) is 12.3 Å². The van der Waals surface area contributed by atoms with E-state index in [9.17, 15) is 4.79 Å². The molecule has 0 radical (unpaired) electrons. The molecule has 15 heavy (non-hydrogen) atoms. The van der Waals surface area contributed by atoms with Gasteiger partial charge in [0.25, 0.3) is 0 Å². The smallest absolute Gasteiger partial charge is 0.306 e. The number of rotatable bonds is 5. The van der Waals surface area contributed by atoms with Crippen LogP contribution in [0.2, 0.25) is 0 Å². The first-order chi connectivity index (χ1) is 7.13. The quantitative estimate of drug-likeness (QED) is 0.734. The van der Waals surface area contributed by atoms with Crippen molar-refractivity contribution in [2.24, 2.45) is 11.8 Å². The van der Waals surface area contributed by atoms with Crippen LogP contribution in [0, 0.1) is 11.8 Å². The average molecular weight is 211 g/mol. The molecule has 1 saturated carbocycles. The zero-order valence-electron chi connectivity index (χ0n) is 9.46. The Labute approximate surface area is 91.6 Å². The van der Waals surface area contributed by atoms with E-state index in [0.717, 1.165) is 44.3 Å². The first-order valence-corrected chi connectivity index (χ1v) is 5.78. The number of aliphatic carboxylic acids is 1. The van der Waals surface area contributed by atoms with Crippen molar-refractivity contribution in [3.63, 3.8) is 0 Å². The molecule has 1 aliphatic carbocycles. The molecule has 0 aromatic rings. The van der Waals surface area contributed by atoms with Gasteiger partial charge in [-0.15, -0.1) is 0 Å². The Morgan fingerprint density at radius 3 is 2.47 bits per heavy atom. The third kappa shape index (κ3) is 3.94. The van der Waals surface area contributed by atoms with Crippen molar-refractivity contribution in [1.82, 2.24) is 5.32 Å². The van der Waals surface area contributed by atoms with E-state index in [1.807, 2.05) is 0 Å². The van der Waals surface area contributed by atoms with Crippen LogP contribution in [-0.2, 0) is 4.79 Å². The first kappa shape index (κ1) is 12.1. The predicted octanol–water partition coefficient (Wildman–Crippen LogP) is 2.39. The van der Waals surface area contributed by atoms with E-state index in [-0.39, 0.29) is 5.92 Å². The van der Waals surface area contributed by atoms with Gasteiger partial charge in [0, 0.05) is 12.2 Å². The summed E-state index contributed by atoms with van der Waals surface area (Å²) in [7, 11) is 0. The minimum atomic E-state index is -0.626. The molecule has 3 heteroatoms. The molecule has 0 amide bonds. The van der Waals surface area contributed by atoms with Gasteiger partial charge in [-0.1, -0.05) is 13.5 Å². The lowest BCUT2D eigenvalue weighted by Crippen LogP contribution is -2.28. The maximum Gasteiger partial charge on any atom is 0.306 e. The Bertz CT molecular complexity index is 230. The highest BCUT2D eigenvalue weighted by atomic mass is 16.4. The summed E-state index contributed by atoms with van der Waals surface area (Å²) in [5, 5.41) is 12.2. The summed E-state index contributed by atoms with van der Waals surface area (Å²) in [6.07, 6.45) is 4.69. The summed E-state index contributed by atoms with van der Waals surface area (Å²) < 4.78 is 0. The molecule has 0 unspecified atom stereocenters. The van der Waals surface area contributed by atoms with Crippen LogP contribution >= 0.6 is 0 Å². The number of carbonyl (C=O) groups is 1. The molecular weight excluding hydrogens is 190 g/mol. The fourth-order valence-corrected chi connectivity index (χ4v) is 2.03. The Hall–Kier alpha value is -0.990. The minimum Gasteiger partial charge on any atom is -0.481 e. The number of carboxylic acids is 1. The monoisotopic (exact) mass is 211 g/mol. The second-order valence-electron chi connectivity index (χ2n) is 4.39. The molecule has 2 N–H and O–H groups in total. The third-order valence-corrected chi connectivity index (χ3v) is 3.26.